The lowest BCUT2D eigenvalue weighted by Crippen LogP contribution is -2.28. The number of nitrogens with zero attached hydrogens (tertiary/aromatic N) is 5. The molecule has 160 valence electrons. The summed E-state index contributed by atoms with van der Waals surface area (Å²) in [5.41, 5.74) is 2.77. The highest BCUT2D eigenvalue weighted by Gasteiger charge is 2.23. The van der Waals surface area contributed by atoms with Crippen LogP contribution in [0.3, 0.4) is 0 Å². The van der Waals surface area contributed by atoms with Crippen LogP contribution in [0.4, 0.5) is 0 Å². The first-order chi connectivity index (χ1) is 15.2. The van der Waals surface area contributed by atoms with E-state index in [1.165, 1.54) is 23.3 Å². The zero-order chi connectivity index (χ0) is 21.2. The number of H-pyrrole nitrogens is 1. The molecule has 0 spiro atoms. The number of aromatic nitrogens is 5. The van der Waals surface area contributed by atoms with Gasteiger partial charge in [-0.2, -0.15) is 0 Å². The van der Waals surface area contributed by atoms with Gasteiger partial charge in [0, 0.05) is 29.0 Å². The molecule has 1 aliphatic carbocycles. The number of hydrogen-bond donors (Lipinski definition) is 1. The number of nitrogens with one attached hydrogen (secondary N) is 1. The monoisotopic (exact) mass is 434 g/mol. The molecule has 31 heavy (non-hydrogen) atoms. The van der Waals surface area contributed by atoms with Gasteiger partial charge in [-0.1, -0.05) is 30.5 Å². The van der Waals surface area contributed by atoms with E-state index in [1.54, 1.807) is 11.3 Å². The number of pyridine rings is 1. The standard InChI is InChI=1S/C23H26N6OS/c1-16-8-9-21-17(11-16)12-18(23(30)24-21)13-28(14-20-7-4-10-31-20)15-22-25-26-27-29(22)19-5-2-3-6-19/h4,7-12,19H,2-3,5-6,13-15H2,1H3,(H,24,30). The van der Waals surface area contributed by atoms with E-state index in [9.17, 15) is 4.79 Å². The summed E-state index contributed by atoms with van der Waals surface area (Å²) < 4.78 is 2.00. The number of benzene rings is 1. The van der Waals surface area contributed by atoms with Crippen molar-refractivity contribution in [3.8, 4) is 0 Å². The highest BCUT2D eigenvalue weighted by Crippen LogP contribution is 2.29. The molecule has 0 radical (unpaired) electrons. The third-order valence-corrected chi connectivity index (χ3v) is 6.89. The molecule has 3 heterocycles. The Morgan fingerprint density at radius 1 is 1.16 bits per heavy atom. The van der Waals surface area contributed by atoms with E-state index < -0.39 is 0 Å². The van der Waals surface area contributed by atoms with E-state index in [2.05, 4.69) is 55.9 Å². The number of aromatic amines is 1. The third-order valence-electron chi connectivity index (χ3n) is 6.03. The van der Waals surface area contributed by atoms with E-state index >= 15 is 0 Å². The fraction of sp³-hybridized carbons (Fsp3) is 0.391. The highest BCUT2D eigenvalue weighted by atomic mass is 32.1. The molecule has 1 aromatic carbocycles. The fourth-order valence-corrected chi connectivity index (χ4v) is 5.22. The average molecular weight is 435 g/mol. The second-order valence-electron chi connectivity index (χ2n) is 8.42. The number of rotatable bonds is 7. The van der Waals surface area contributed by atoms with Crippen LogP contribution in [-0.4, -0.2) is 30.1 Å². The van der Waals surface area contributed by atoms with Crippen LogP contribution >= 0.6 is 11.3 Å². The molecule has 0 unspecified atom stereocenters. The minimum atomic E-state index is -0.0390. The molecule has 0 bridgehead atoms. The Bertz CT molecular complexity index is 1220. The summed E-state index contributed by atoms with van der Waals surface area (Å²) in [6.45, 7) is 3.96. The van der Waals surface area contributed by atoms with E-state index in [0.29, 0.717) is 19.1 Å². The molecular weight excluding hydrogens is 408 g/mol. The molecule has 8 heteroatoms. The maximum absolute atomic E-state index is 12.8. The van der Waals surface area contributed by atoms with Gasteiger partial charge in [-0.15, -0.1) is 16.4 Å². The summed E-state index contributed by atoms with van der Waals surface area (Å²) >= 11 is 1.73. The van der Waals surface area contributed by atoms with E-state index in [1.807, 2.05) is 22.9 Å². The molecule has 1 fully saturated rings. The molecule has 1 aliphatic rings. The van der Waals surface area contributed by atoms with Gasteiger partial charge in [0.15, 0.2) is 5.82 Å². The first kappa shape index (κ1) is 20.1. The van der Waals surface area contributed by atoms with Gasteiger partial charge in [-0.3, -0.25) is 9.69 Å². The molecule has 0 saturated heterocycles. The van der Waals surface area contributed by atoms with Gasteiger partial charge in [-0.05, 0) is 65.2 Å². The Morgan fingerprint density at radius 2 is 2.03 bits per heavy atom. The second-order valence-corrected chi connectivity index (χ2v) is 9.45. The Labute approximate surface area is 184 Å². The van der Waals surface area contributed by atoms with Crippen molar-refractivity contribution in [1.82, 2.24) is 30.1 Å². The van der Waals surface area contributed by atoms with Crippen molar-refractivity contribution in [3.05, 3.63) is 74.0 Å². The van der Waals surface area contributed by atoms with Gasteiger partial charge in [0.25, 0.3) is 5.56 Å². The smallest absolute Gasteiger partial charge is 0.252 e. The summed E-state index contributed by atoms with van der Waals surface area (Å²) in [5.74, 6) is 0.872. The first-order valence-corrected chi connectivity index (χ1v) is 11.7. The van der Waals surface area contributed by atoms with Gasteiger partial charge >= 0.3 is 0 Å². The maximum Gasteiger partial charge on any atom is 0.252 e. The van der Waals surface area contributed by atoms with Gasteiger partial charge in [0.1, 0.15) is 0 Å². The van der Waals surface area contributed by atoms with Crippen LogP contribution in [0.5, 0.6) is 0 Å². The fourth-order valence-electron chi connectivity index (χ4n) is 4.47. The third kappa shape index (κ3) is 4.45. The van der Waals surface area contributed by atoms with Gasteiger partial charge < -0.3 is 4.98 Å². The number of hydrogen-bond acceptors (Lipinski definition) is 6. The molecule has 0 aliphatic heterocycles. The van der Waals surface area contributed by atoms with Crippen LogP contribution < -0.4 is 5.56 Å². The molecule has 0 atom stereocenters. The van der Waals surface area contributed by atoms with E-state index in [-0.39, 0.29) is 5.56 Å². The van der Waals surface area contributed by atoms with Crippen molar-refractivity contribution >= 4 is 22.2 Å². The van der Waals surface area contributed by atoms with Crippen LogP contribution in [0.1, 0.15) is 53.6 Å². The number of aryl methyl sites for hydroxylation is 1. The highest BCUT2D eigenvalue weighted by molar-refractivity contribution is 7.09. The Morgan fingerprint density at radius 3 is 2.84 bits per heavy atom. The van der Waals surface area contributed by atoms with Crippen LogP contribution in [-0.2, 0) is 19.6 Å². The van der Waals surface area contributed by atoms with Crippen molar-refractivity contribution in [2.45, 2.75) is 58.3 Å². The Balaban J connectivity index is 1.44. The zero-order valence-electron chi connectivity index (χ0n) is 17.6. The predicted octanol–water partition coefficient (Wildman–Crippen LogP) is 4.20. The number of thiophene rings is 1. The Kier molecular flexibility index (Phi) is 5.65. The van der Waals surface area contributed by atoms with Crippen LogP contribution in [0.15, 0.2) is 46.6 Å². The van der Waals surface area contributed by atoms with E-state index in [4.69, 9.17) is 0 Å². The summed E-state index contributed by atoms with van der Waals surface area (Å²) in [6, 6.07) is 12.7. The molecule has 1 saturated carbocycles. The number of fused-ring (bicyclic) bond motifs is 1. The quantitative estimate of drug-likeness (QED) is 0.471. The molecular formula is C23H26N6OS. The summed E-state index contributed by atoms with van der Waals surface area (Å²) in [4.78, 5) is 19.4. The van der Waals surface area contributed by atoms with Crippen molar-refractivity contribution < 1.29 is 0 Å². The van der Waals surface area contributed by atoms with Gasteiger partial charge in [0.2, 0.25) is 0 Å². The SMILES string of the molecule is Cc1ccc2[nH]c(=O)c(CN(Cc3cccs3)Cc3nnnn3C3CCCC3)cc2c1. The largest absolute Gasteiger partial charge is 0.322 e. The second kappa shape index (κ2) is 8.72. The normalized spacial score (nSPS) is 14.8. The maximum atomic E-state index is 12.8. The van der Waals surface area contributed by atoms with E-state index in [0.717, 1.165) is 41.7 Å². The molecule has 1 N–H and O–H groups in total. The van der Waals surface area contributed by atoms with Crippen LogP contribution in [0.2, 0.25) is 0 Å². The predicted molar refractivity (Wildman–Crippen MR) is 122 cm³/mol. The van der Waals surface area contributed by atoms with Gasteiger partial charge in [-0.25, -0.2) is 4.68 Å². The minimum absolute atomic E-state index is 0.0390. The summed E-state index contributed by atoms with van der Waals surface area (Å²) in [6.07, 6.45) is 4.73. The lowest BCUT2D eigenvalue weighted by atomic mass is 10.1. The van der Waals surface area contributed by atoms with Crippen molar-refractivity contribution in [2.75, 3.05) is 0 Å². The molecule has 4 aromatic rings. The molecule has 0 amide bonds. The van der Waals surface area contributed by atoms with Gasteiger partial charge in [0.05, 0.1) is 12.6 Å². The lowest BCUT2D eigenvalue weighted by Gasteiger charge is -2.22. The van der Waals surface area contributed by atoms with Crippen LogP contribution in [0, 0.1) is 6.92 Å². The van der Waals surface area contributed by atoms with Crippen molar-refractivity contribution in [1.29, 1.82) is 0 Å². The van der Waals surface area contributed by atoms with Crippen LogP contribution in [0.25, 0.3) is 10.9 Å². The molecule has 5 rings (SSSR count). The lowest BCUT2D eigenvalue weighted by molar-refractivity contribution is 0.234. The zero-order valence-corrected chi connectivity index (χ0v) is 18.4. The summed E-state index contributed by atoms with van der Waals surface area (Å²) in [7, 11) is 0. The topological polar surface area (TPSA) is 79.7 Å². The minimum Gasteiger partial charge on any atom is -0.322 e. The first-order valence-electron chi connectivity index (χ1n) is 10.8. The van der Waals surface area contributed by atoms with Crippen molar-refractivity contribution in [2.24, 2.45) is 0 Å². The summed E-state index contributed by atoms with van der Waals surface area (Å²) in [5, 5.41) is 15.7. The van der Waals surface area contributed by atoms with Crippen molar-refractivity contribution in [3.63, 3.8) is 0 Å². The molecule has 7 nitrogen and oxygen atoms in total. The Hall–Kier alpha value is -2.84. The molecule has 3 aromatic heterocycles. The number of tetrazole rings is 1. The average Bonchev–Trinajstić information content (AvgIpc) is 3.51.